The molecule has 7 heteroatoms. The van der Waals surface area contributed by atoms with E-state index in [1.54, 1.807) is 19.4 Å². The third kappa shape index (κ3) is 3.94. The van der Waals surface area contributed by atoms with Crippen LogP contribution in [0.3, 0.4) is 0 Å². The van der Waals surface area contributed by atoms with Crippen molar-refractivity contribution in [2.24, 2.45) is 5.92 Å². The minimum Gasteiger partial charge on any atom is -0.383 e. The van der Waals surface area contributed by atoms with Gasteiger partial charge in [0, 0.05) is 51.5 Å². The minimum absolute atomic E-state index is 0.209. The van der Waals surface area contributed by atoms with Crippen LogP contribution in [0, 0.1) is 5.92 Å². The average molecular weight is 316 g/mol. The SMILES string of the molecule is COCCN1CC(CNC(=O)c2cc(-c3ccccn3)no2)C1. The number of methoxy groups -OCH3 is 1. The summed E-state index contributed by atoms with van der Waals surface area (Å²) in [5.74, 6) is 0.449. The van der Waals surface area contributed by atoms with Crippen LogP contribution >= 0.6 is 0 Å². The Bertz CT molecular complexity index is 638. The summed E-state index contributed by atoms with van der Waals surface area (Å²) in [4.78, 5) is 18.6. The quantitative estimate of drug-likeness (QED) is 0.822. The number of amides is 1. The number of nitrogens with one attached hydrogen (secondary N) is 1. The Morgan fingerprint density at radius 1 is 1.43 bits per heavy atom. The van der Waals surface area contributed by atoms with Crippen molar-refractivity contribution < 1.29 is 14.1 Å². The molecule has 1 N–H and O–H groups in total. The van der Waals surface area contributed by atoms with Crippen molar-refractivity contribution in [3.63, 3.8) is 0 Å². The van der Waals surface area contributed by atoms with Crippen LogP contribution in [0.15, 0.2) is 35.0 Å². The Morgan fingerprint density at radius 3 is 3.04 bits per heavy atom. The van der Waals surface area contributed by atoms with Crippen molar-refractivity contribution in [3.8, 4) is 11.4 Å². The zero-order valence-corrected chi connectivity index (χ0v) is 13.1. The van der Waals surface area contributed by atoms with Crippen molar-refractivity contribution in [1.29, 1.82) is 0 Å². The maximum Gasteiger partial charge on any atom is 0.289 e. The molecule has 0 unspecified atom stereocenters. The predicted molar refractivity (Wildman–Crippen MR) is 83.9 cm³/mol. The summed E-state index contributed by atoms with van der Waals surface area (Å²) in [6.45, 7) is 4.30. The first-order chi connectivity index (χ1) is 11.3. The highest BCUT2D eigenvalue weighted by Gasteiger charge is 2.26. The lowest BCUT2D eigenvalue weighted by molar-refractivity contribution is 0.0612. The summed E-state index contributed by atoms with van der Waals surface area (Å²) >= 11 is 0. The number of pyridine rings is 1. The van der Waals surface area contributed by atoms with E-state index >= 15 is 0 Å². The smallest absolute Gasteiger partial charge is 0.289 e. The van der Waals surface area contributed by atoms with Crippen molar-refractivity contribution in [2.45, 2.75) is 0 Å². The zero-order chi connectivity index (χ0) is 16.1. The van der Waals surface area contributed by atoms with Crippen molar-refractivity contribution in [1.82, 2.24) is 20.4 Å². The number of aromatic nitrogens is 2. The van der Waals surface area contributed by atoms with Crippen molar-refractivity contribution >= 4 is 5.91 Å². The van der Waals surface area contributed by atoms with Crippen LogP contribution in [0.5, 0.6) is 0 Å². The van der Waals surface area contributed by atoms with Gasteiger partial charge in [-0.2, -0.15) is 0 Å². The lowest BCUT2D eigenvalue weighted by atomic mass is 10.0. The molecule has 0 atom stereocenters. The molecule has 0 aromatic carbocycles. The van der Waals surface area contributed by atoms with Crippen LogP contribution in [0.25, 0.3) is 11.4 Å². The van der Waals surface area contributed by atoms with Crippen LogP contribution in [-0.4, -0.2) is 60.8 Å². The third-order valence-corrected chi connectivity index (χ3v) is 3.86. The molecule has 1 aliphatic rings. The molecule has 1 aliphatic heterocycles. The van der Waals surface area contributed by atoms with Gasteiger partial charge >= 0.3 is 0 Å². The molecule has 0 bridgehead atoms. The Morgan fingerprint density at radius 2 is 2.30 bits per heavy atom. The molecule has 0 saturated carbocycles. The molecule has 0 radical (unpaired) electrons. The third-order valence-electron chi connectivity index (χ3n) is 3.86. The highest BCUT2D eigenvalue weighted by molar-refractivity contribution is 5.92. The number of likely N-dealkylation sites (tertiary alicyclic amines) is 1. The monoisotopic (exact) mass is 316 g/mol. The van der Waals surface area contributed by atoms with Gasteiger partial charge in [0.1, 0.15) is 5.69 Å². The number of hydrogen-bond donors (Lipinski definition) is 1. The van der Waals surface area contributed by atoms with Gasteiger partial charge < -0.3 is 19.5 Å². The molecule has 1 amide bonds. The normalized spacial score (nSPS) is 15.3. The molecule has 23 heavy (non-hydrogen) atoms. The Balaban J connectivity index is 1.46. The second-order valence-corrected chi connectivity index (χ2v) is 5.62. The first-order valence-corrected chi connectivity index (χ1v) is 7.64. The highest BCUT2D eigenvalue weighted by Crippen LogP contribution is 2.17. The largest absolute Gasteiger partial charge is 0.383 e. The topological polar surface area (TPSA) is 80.5 Å². The molecule has 7 nitrogen and oxygen atoms in total. The van der Waals surface area contributed by atoms with Crippen LogP contribution in [0.4, 0.5) is 0 Å². The van der Waals surface area contributed by atoms with E-state index in [4.69, 9.17) is 9.26 Å². The van der Waals surface area contributed by atoms with Gasteiger partial charge in [-0.25, -0.2) is 0 Å². The van der Waals surface area contributed by atoms with Gasteiger partial charge in [0.25, 0.3) is 5.91 Å². The fraction of sp³-hybridized carbons (Fsp3) is 0.438. The molecule has 2 aromatic heterocycles. The minimum atomic E-state index is -0.241. The van der Waals surface area contributed by atoms with Gasteiger partial charge in [0.05, 0.1) is 12.3 Å². The Kier molecular flexibility index (Phi) is 4.99. The number of carbonyl (C=O) groups is 1. The molecule has 3 heterocycles. The van der Waals surface area contributed by atoms with Crippen molar-refractivity contribution in [2.75, 3.05) is 39.9 Å². The number of carbonyl (C=O) groups excluding carboxylic acids is 1. The van der Waals surface area contributed by atoms with Crippen LogP contribution in [0.2, 0.25) is 0 Å². The van der Waals surface area contributed by atoms with E-state index in [1.165, 1.54) is 0 Å². The fourth-order valence-electron chi connectivity index (χ4n) is 2.55. The molecule has 0 aliphatic carbocycles. The highest BCUT2D eigenvalue weighted by atomic mass is 16.5. The number of nitrogens with zero attached hydrogens (tertiary/aromatic N) is 3. The average Bonchev–Trinajstić information content (AvgIpc) is 3.03. The molecule has 1 saturated heterocycles. The summed E-state index contributed by atoms with van der Waals surface area (Å²) in [5.41, 5.74) is 1.24. The van der Waals surface area contributed by atoms with Crippen LogP contribution in [-0.2, 0) is 4.74 Å². The van der Waals surface area contributed by atoms with E-state index in [0.29, 0.717) is 23.9 Å². The molecule has 2 aromatic rings. The second-order valence-electron chi connectivity index (χ2n) is 5.62. The van der Waals surface area contributed by atoms with Gasteiger partial charge in [0.2, 0.25) is 5.76 Å². The molecule has 3 rings (SSSR count). The number of rotatable bonds is 7. The van der Waals surface area contributed by atoms with E-state index in [9.17, 15) is 4.79 Å². The molecular weight excluding hydrogens is 296 g/mol. The van der Waals surface area contributed by atoms with Gasteiger partial charge in [-0.1, -0.05) is 11.2 Å². The Hall–Kier alpha value is -2.25. The van der Waals surface area contributed by atoms with E-state index in [-0.39, 0.29) is 11.7 Å². The first kappa shape index (κ1) is 15.6. The summed E-state index contributed by atoms with van der Waals surface area (Å²) < 4.78 is 10.2. The van der Waals surface area contributed by atoms with Crippen LogP contribution in [0.1, 0.15) is 10.6 Å². The maximum atomic E-state index is 12.1. The standard InChI is InChI=1S/C16H20N4O3/c1-22-7-6-20-10-12(11-20)9-18-16(21)15-8-14(19-23-15)13-4-2-3-5-17-13/h2-5,8,12H,6-7,9-11H2,1H3,(H,18,21). The first-order valence-electron chi connectivity index (χ1n) is 7.64. The van der Waals surface area contributed by atoms with Crippen molar-refractivity contribution in [3.05, 3.63) is 36.2 Å². The number of ether oxygens (including phenoxy) is 1. The Labute approximate surface area is 134 Å². The van der Waals surface area contributed by atoms with Gasteiger partial charge in [-0.15, -0.1) is 0 Å². The zero-order valence-electron chi connectivity index (χ0n) is 13.1. The summed E-state index contributed by atoms with van der Waals surface area (Å²) in [6, 6.07) is 7.13. The van der Waals surface area contributed by atoms with E-state index in [0.717, 1.165) is 26.2 Å². The van der Waals surface area contributed by atoms with E-state index < -0.39 is 0 Å². The van der Waals surface area contributed by atoms with Gasteiger partial charge in [-0.05, 0) is 12.1 Å². The van der Waals surface area contributed by atoms with Gasteiger partial charge in [0.15, 0.2) is 0 Å². The van der Waals surface area contributed by atoms with Crippen LogP contribution < -0.4 is 5.32 Å². The predicted octanol–water partition coefficient (Wildman–Crippen LogP) is 1.04. The molecule has 0 spiro atoms. The molecule has 122 valence electrons. The fourth-order valence-corrected chi connectivity index (χ4v) is 2.55. The lowest BCUT2D eigenvalue weighted by Crippen LogP contribution is -2.52. The van der Waals surface area contributed by atoms with Gasteiger partial charge in [-0.3, -0.25) is 9.78 Å². The summed E-state index contributed by atoms with van der Waals surface area (Å²) in [5, 5.41) is 6.79. The van der Waals surface area contributed by atoms with E-state index in [1.807, 2.05) is 18.2 Å². The number of hydrogen-bond acceptors (Lipinski definition) is 6. The lowest BCUT2D eigenvalue weighted by Gasteiger charge is -2.39. The van der Waals surface area contributed by atoms with E-state index in [2.05, 4.69) is 20.4 Å². The molecule has 1 fully saturated rings. The second kappa shape index (κ2) is 7.34. The summed E-state index contributed by atoms with van der Waals surface area (Å²) in [6.07, 6.45) is 1.68. The molecular formula is C16H20N4O3. The maximum absolute atomic E-state index is 12.1. The summed E-state index contributed by atoms with van der Waals surface area (Å²) in [7, 11) is 1.70.